The van der Waals surface area contributed by atoms with Crippen molar-refractivity contribution in [1.29, 1.82) is 0 Å². The van der Waals surface area contributed by atoms with Gasteiger partial charge in [0, 0.05) is 12.4 Å². The third kappa shape index (κ3) is 7.33. The fourth-order valence-electron chi connectivity index (χ4n) is 1.58. The first kappa shape index (κ1) is 17.6. The zero-order valence-corrected chi connectivity index (χ0v) is 12.8. The molecule has 6 nitrogen and oxygen atoms in total. The van der Waals surface area contributed by atoms with Crippen molar-refractivity contribution in [3.05, 3.63) is 35.4 Å². The first-order chi connectivity index (χ1) is 10.7. The molecule has 0 N–H and O–H groups in total. The van der Waals surface area contributed by atoms with E-state index < -0.39 is 0 Å². The molecule has 0 saturated carbocycles. The molecule has 0 atom stereocenters. The van der Waals surface area contributed by atoms with E-state index in [1.165, 1.54) is 0 Å². The van der Waals surface area contributed by atoms with Crippen LogP contribution in [0.4, 0.5) is 0 Å². The van der Waals surface area contributed by atoms with Crippen molar-refractivity contribution < 1.29 is 19.1 Å². The van der Waals surface area contributed by atoms with Gasteiger partial charge >= 0.3 is 11.9 Å². The lowest BCUT2D eigenvalue weighted by Crippen LogP contribution is -2.07. The van der Waals surface area contributed by atoms with E-state index >= 15 is 0 Å². The van der Waals surface area contributed by atoms with E-state index in [1.807, 2.05) is 24.3 Å². The third-order valence-electron chi connectivity index (χ3n) is 2.44. The lowest BCUT2D eigenvalue weighted by atomic mass is 10.1. The fraction of sp³-hybridized carbons (Fsp3) is 0.375. The van der Waals surface area contributed by atoms with Crippen LogP contribution >= 0.6 is 0 Å². The Morgan fingerprint density at radius 3 is 1.82 bits per heavy atom. The number of benzene rings is 1. The number of hydrogen-bond donors (Lipinski definition) is 0. The number of rotatable bonds is 8. The van der Waals surface area contributed by atoms with Crippen LogP contribution in [0.3, 0.4) is 0 Å². The Kier molecular flexibility index (Phi) is 8.18. The molecule has 118 valence electrons. The van der Waals surface area contributed by atoms with Crippen LogP contribution in [-0.4, -0.2) is 50.7 Å². The molecule has 0 spiro atoms. The average Bonchev–Trinajstić information content (AvgIpc) is 2.48. The molecule has 0 amide bonds. The van der Waals surface area contributed by atoms with E-state index in [-0.39, 0.29) is 25.0 Å². The van der Waals surface area contributed by atoms with Crippen molar-refractivity contribution in [2.24, 2.45) is 9.98 Å². The van der Waals surface area contributed by atoms with Gasteiger partial charge in [-0.1, -0.05) is 18.2 Å². The highest BCUT2D eigenvalue weighted by Crippen LogP contribution is 2.01. The molecule has 0 unspecified atom stereocenters. The largest absolute Gasteiger partial charge is 0.465 e. The van der Waals surface area contributed by atoms with Crippen LogP contribution in [0.5, 0.6) is 0 Å². The van der Waals surface area contributed by atoms with Gasteiger partial charge in [-0.3, -0.25) is 19.6 Å². The summed E-state index contributed by atoms with van der Waals surface area (Å²) in [5.74, 6) is -0.711. The van der Waals surface area contributed by atoms with E-state index in [0.717, 1.165) is 11.1 Å². The van der Waals surface area contributed by atoms with Gasteiger partial charge < -0.3 is 9.47 Å². The van der Waals surface area contributed by atoms with Crippen molar-refractivity contribution >= 4 is 24.4 Å². The smallest absolute Gasteiger partial charge is 0.327 e. The highest BCUT2D eigenvalue weighted by molar-refractivity contribution is 5.87. The van der Waals surface area contributed by atoms with Crippen LogP contribution < -0.4 is 0 Å². The Hall–Kier alpha value is -2.50. The number of nitrogens with zero attached hydrogens (tertiary/aromatic N) is 2. The van der Waals surface area contributed by atoms with Gasteiger partial charge in [0.15, 0.2) is 0 Å². The zero-order chi connectivity index (χ0) is 16.2. The fourth-order valence-corrected chi connectivity index (χ4v) is 1.58. The predicted octanol–water partition coefficient (Wildman–Crippen LogP) is 1.65. The van der Waals surface area contributed by atoms with Gasteiger partial charge in [0.2, 0.25) is 0 Å². The van der Waals surface area contributed by atoms with Crippen LogP contribution in [0.25, 0.3) is 0 Å². The molecule has 22 heavy (non-hydrogen) atoms. The van der Waals surface area contributed by atoms with Crippen molar-refractivity contribution in [2.75, 3.05) is 26.3 Å². The van der Waals surface area contributed by atoms with Gasteiger partial charge in [-0.25, -0.2) is 0 Å². The Labute approximate surface area is 129 Å². The summed E-state index contributed by atoms with van der Waals surface area (Å²) in [7, 11) is 0. The highest BCUT2D eigenvalue weighted by atomic mass is 16.5. The molecule has 0 aliphatic heterocycles. The normalized spacial score (nSPS) is 11.0. The van der Waals surface area contributed by atoms with Gasteiger partial charge in [-0.15, -0.1) is 0 Å². The van der Waals surface area contributed by atoms with Crippen LogP contribution in [-0.2, 0) is 19.1 Å². The Bertz CT molecular complexity index is 508. The summed E-state index contributed by atoms with van der Waals surface area (Å²) in [6.07, 6.45) is 3.19. The second-order valence-electron chi connectivity index (χ2n) is 4.22. The summed E-state index contributed by atoms with van der Waals surface area (Å²) in [6, 6.07) is 7.41. The van der Waals surface area contributed by atoms with E-state index in [2.05, 4.69) is 9.98 Å². The van der Waals surface area contributed by atoms with E-state index in [9.17, 15) is 9.59 Å². The van der Waals surface area contributed by atoms with Crippen molar-refractivity contribution in [3.63, 3.8) is 0 Å². The average molecular weight is 304 g/mol. The third-order valence-corrected chi connectivity index (χ3v) is 2.44. The van der Waals surface area contributed by atoms with E-state index in [1.54, 1.807) is 26.3 Å². The van der Waals surface area contributed by atoms with Crippen molar-refractivity contribution in [3.8, 4) is 0 Å². The molecule has 0 saturated heterocycles. The standard InChI is InChI=1S/C16H20N2O4/c1-3-21-15(19)11-17-9-13-6-5-7-14(8-13)10-18-12-16(20)22-4-2/h5-10H,3-4,11-12H2,1-2H3. The van der Waals surface area contributed by atoms with E-state index in [0.29, 0.717) is 13.2 Å². The summed E-state index contributed by atoms with van der Waals surface area (Å²) in [5.41, 5.74) is 1.67. The number of aliphatic imine (C=N–C) groups is 2. The number of carbonyl (C=O) groups excluding carboxylic acids is 2. The summed E-state index contributed by atoms with van der Waals surface area (Å²) in [4.78, 5) is 30.3. The Morgan fingerprint density at radius 2 is 1.41 bits per heavy atom. The lowest BCUT2D eigenvalue weighted by Gasteiger charge is -1.99. The summed E-state index contributed by atoms with van der Waals surface area (Å²) in [6.45, 7) is 4.19. The molecule has 1 aromatic carbocycles. The molecule has 0 fully saturated rings. The van der Waals surface area contributed by atoms with E-state index in [4.69, 9.17) is 9.47 Å². The first-order valence-electron chi connectivity index (χ1n) is 7.06. The van der Waals surface area contributed by atoms with Gasteiger partial charge in [0.1, 0.15) is 13.1 Å². The molecule has 6 heteroatoms. The highest BCUT2D eigenvalue weighted by Gasteiger charge is 1.99. The molecule has 0 bridgehead atoms. The topological polar surface area (TPSA) is 77.3 Å². The van der Waals surface area contributed by atoms with Crippen LogP contribution in [0, 0.1) is 0 Å². The van der Waals surface area contributed by atoms with Crippen LogP contribution in [0.2, 0.25) is 0 Å². The molecule has 1 rings (SSSR count). The first-order valence-corrected chi connectivity index (χ1v) is 7.06. The predicted molar refractivity (Wildman–Crippen MR) is 84.6 cm³/mol. The molecule has 0 aromatic heterocycles. The molecule has 0 aliphatic carbocycles. The maximum Gasteiger partial charge on any atom is 0.327 e. The van der Waals surface area contributed by atoms with Gasteiger partial charge in [0.25, 0.3) is 0 Å². The second kappa shape index (κ2) is 10.3. The quantitative estimate of drug-likeness (QED) is 0.540. The monoisotopic (exact) mass is 304 g/mol. The minimum atomic E-state index is -0.356. The minimum absolute atomic E-state index is 0.00495. The van der Waals surface area contributed by atoms with Gasteiger partial charge in [-0.2, -0.15) is 0 Å². The number of hydrogen-bond acceptors (Lipinski definition) is 6. The molecular weight excluding hydrogens is 284 g/mol. The molecule has 0 radical (unpaired) electrons. The SMILES string of the molecule is CCOC(=O)CN=Cc1cccc(C=NCC(=O)OCC)c1. The van der Waals surface area contributed by atoms with Crippen molar-refractivity contribution in [2.45, 2.75) is 13.8 Å². The van der Waals surface area contributed by atoms with Crippen LogP contribution in [0.15, 0.2) is 34.3 Å². The Balaban J connectivity index is 2.55. The van der Waals surface area contributed by atoms with Gasteiger partial charge in [0.05, 0.1) is 13.2 Å². The maximum absolute atomic E-state index is 11.2. The molecular formula is C16H20N2O4. The number of carbonyl (C=O) groups is 2. The lowest BCUT2D eigenvalue weighted by molar-refractivity contribution is -0.142. The summed E-state index contributed by atoms with van der Waals surface area (Å²) < 4.78 is 9.56. The minimum Gasteiger partial charge on any atom is -0.465 e. The number of ether oxygens (including phenoxy) is 2. The Morgan fingerprint density at radius 1 is 0.955 bits per heavy atom. The van der Waals surface area contributed by atoms with Gasteiger partial charge in [-0.05, 0) is 31.0 Å². The second-order valence-corrected chi connectivity index (χ2v) is 4.22. The summed E-state index contributed by atoms with van der Waals surface area (Å²) >= 11 is 0. The maximum atomic E-state index is 11.2. The molecule has 1 aromatic rings. The summed E-state index contributed by atoms with van der Waals surface area (Å²) in [5, 5.41) is 0. The molecule has 0 heterocycles. The molecule has 0 aliphatic rings. The number of esters is 2. The zero-order valence-electron chi connectivity index (χ0n) is 12.8. The van der Waals surface area contributed by atoms with Crippen LogP contribution in [0.1, 0.15) is 25.0 Å². The van der Waals surface area contributed by atoms with Crippen molar-refractivity contribution in [1.82, 2.24) is 0 Å².